The van der Waals surface area contributed by atoms with Crippen LogP contribution in [0.25, 0.3) is 0 Å². The van der Waals surface area contributed by atoms with E-state index in [4.69, 9.17) is 5.73 Å². The first-order chi connectivity index (χ1) is 8.88. The number of likely N-dealkylation sites (tertiary alicyclic amines) is 1. The highest BCUT2D eigenvalue weighted by molar-refractivity contribution is 5.66. The molecule has 3 N–H and O–H groups in total. The maximum atomic E-state index is 6.06. The Bertz CT molecular complexity index is 440. The van der Waals surface area contributed by atoms with Gasteiger partial charge >= 0.3 is 0 Å². The molecule has 0 amide bonds. The third-order valence-electron chi connectivity index (χ3n) is 4.44. The summed E-state index contributed by atoms with van der Waals surface area (Å²) in [6.07, 6.45) is 1.30. The number of nitrogens with two attached hydrogens (primary N) is 1. The molecule has 1 fully saturated rings. The third-order valence-corrected chi connectivity index (χ3v) is 4.44. The molecule has 2 rings (SSSR count). The van der Waals surface area contributed by atoms with Crippen LogP contribution in [0.3, 0.4) is 0 Å². The summed E-state index contributed by atoms with van der Waals surface area (Å²) in [5, 5.41) is 3.53. The Morgan fingerprint density at radius 2 is 2.16 bits per heavy atom. The molecule has 0 saturated carbocycles. The van der Waals surface area contributed by atoms with Gasteiger partial charge in [0.1, 0.15) is 0 Å². The molecule has 0 spiro atoms. The molecule has 1 aliphatic rings. The lowest BCUT2D eigenvalue weighted by Gasteiger charge is -2.32. The molecule has 0 aliphatic carbocycles. The summed E-state index contributed by atoms with van der Waals surface area (Å²) >= 11 is 0. The van der Waals surface area contributed by atoms with Crippen molar-refractivity contribution < 1.29 is 0 Å². The van der Waals surface area contributed by atoms with Gasteiger partial charge in [0.25, 0.3) is 0 Å². The number of hydrogen-bond acceptors (Lipinski definition) is 3. The fourth-order valence-corrected chi connectivity index (χ4v) is 2.88. The SMILES string of the molecule is Cc1ccc(NCC(C)(C)C2CCN(C)C2)c(N)c1. The van der Waals surface area contributed by atoms with E-state index in [9.17, 15) is 0 Å². The largest absolute Gasteiger partial charge is 0.397 e. The second kappa shape index (κ2) is 5.41. The van der Waals surface area contributed by atoms with Crippen LogP contribution < -0.4 is 11.1 Å². The Hall–Kier alpha value is -1.22. The van der Waals surface area contributed by atoms with Crippen LogP contribution in [0.2, 0.25) is 0 Å². The monoisotopic (exact) mass is 261 g/mol. The summed E-state index contributed by atoms with van der Waals surface area (Å²) < 4.78 is 0. The minimum atomic E-state index is 0.294. The molecule has 1 heterocycles. The molecule has 0 bridgehead atoms. The topological polar surface area (TPSA) is 41.3 Å². The lowest BCUT2D eigenvalue weighted by atomic mass is 9.78. The van der Waals surface area contributed by atoms with Gasteiger partial charge in [-0.15, -0.1) is 0 Å². The zero-order chi connectivity index (χ0) is 14.0. The van der Waals surface area contributed by atoms with Crippen molar-refractivity contribution in [3.8, 4) is 0 Å². The van der Waals surface area contributed by atoms with E-state index in [0.717, 1.165) is 23.8 Å². The molecule has 1 unspecified atom stereocenters. The van der Waals surface area contributed by atoms with Crippen molar-refractivity contribution in [1.29, 1.82) is 0 Å². The summed E-state index contributed by atoms with van der Waals surface area (Å²) in [6.45, 7) is 10.2. The summed E-state index contributed by atoms with van der Waals surface area (Å²) in [4.78, 5) is 2.42. The molecule has 1 aliphatic heterocycles. The van der Waals surface area contributed by atoms with Crippen molar-refractivity contribution in [2.24, 2.45) is 11.3 Å². The molecule has 1 aromatic rings. The smallest absolute Gasteiger partial charge is 0.0574 e. The molecule has 1 atom stereocenters. The average molecular weight is 261 g/mol. The van der Waals surface area contributed by atoms with Gasteiger partial charge in [-0.1, -0.05) is 19.9 Å². The maximum Gasteiger partial charge on any atom is 0.0574 e. The van der Waals surface area contributed by atoms with Crippen molar-refractivity contribution in [3.05, 3.63) is 23.8 Å². The Balaban J connectivity index is 1.97. The molecule has 1 aromatic carbocycles. The molecule has 0 radical (unpaired) electrons. The number of anilines is 2. The highest BCUT2D eigenvalue weighted by Gasteiger charge is 2.33. The van der Waals surface area contributed by atoms with Crippen LogP contribution in [0.4, 0.5) is 11.4 Å². The molecule has 1 saturated heterocycles. The van der Waals surface area contributed by atoms with Crippen LogP contribution in [0.15, 0.2) is 18.2 Å². The van der Waals surface area contributed by atoms with Crippen LogP contribution in [0.5, 0.6) is 0 Å². The molecule has 3 nitrogen and oxygen atoms in total. The zero-order valence-corrected chi connectivity index (χ0v) is 12.7. The standard InChI is InChI=1S/C16H27N3/c1-12-5-6-15(14(17)9-12)18-11-16(2,3)13-7-8-19(4)10-13/h5-6,9,13,18H,7-8,10-11,17H2,1-4H3. The Kier molecular flexibility index (Phi) is 4.04. The number of nitrogens with zero attached hydrogens (tertiary/aromatic N) is 1. The quantitative estimate of drug-likeness (QED) is 0.819. The number of benzene rings is 1. The van der Waals surface area contributed by atoms with E-state index in [-0.39, 0.29) is 0 Å². The molecular formula is C16H27N3. The first-order valence-electron chi connectivity index (χ1n) is 7.17. The summed E-state index contributed by atoms with van der Waals surface area (Å²) in [7, 11) is 2.21. The number of hydrogen-bond donors (Lipinski definition) is 2. The van der Waals surface area contributed by atoms with E-state index in [0.29, 0.717) is 5.41 Å². The molecule has 19 heavy (non-hydrogen) atoms. The minimum absolute atomic E-state index is 0.294. The van der Waals surface area contributed by atoms with Crippen molar-refractivity contribution in [2.45, 2.75) is 27.2 Å². The van der Waals surface area contributed by atoms with E-state index in [1.807, 2.05) is 6.07 Å². The van der Waals surface area contributed by atoms with Gasteiger partial charge in [-0.25, -0.2) is 0 Å². The minimum Gasteiger partial charge on any atom is -0.397 e. The van der Waals surface area contributed by atoms with Crippen molar-refractivity contribution in [3.63, 3.8) is 0 Å². The molecular weight excluding hydrogens is 234 g/mol. The van der Waals surface area contributed by atoms with Crippen LogP contribution in [-0.2, 0) is 0 Å². The first-order valence-corrected chi connectivity index (χ1v) is 7.17. The summed E-state index contributed by atoms with van der Waals surface area (Å²) in [6, 6.07) is 6.22. The molecule has 0 aromatic heterocycles. The predicted molar refractivity (Wildman–Crippen MR) is 83.5 cm³/mol. The number of rotatable bonds is 4. The summed E-state index contributed by atoms with van der Waals surface area (Å²) in [5.74, 6) is 0.761. The van der Waals surface area contributed by atoms with E-state index in [2.05, 4.69) is 50.2 Å². The van der Waals surface area contributed by atoms with E-state index >= 15 is 0 Å². The fourth-order valence-electron chi connectivity index (χ4n) is 2.88. The van der Waals surface area contributed by atoms with Gasteiger partial charge in [0, 0.05) is 13.1 Å². The van der Waals surface area contributed by atoms with Crippen molar-refractivity contribution in [1.82, 2.24) is 4.90 Å². The van der Waals surface area contributed by atoms with E-state index in [1.54, 1.807) is 0 Å². The Morgan fingerprint density at radius 3 is 2.74 bits per heavy atom. The lowest BCUT2D eigenvalue weighted by Crippen LogP contribution is -2.33. The highest BCUT2D eigenvalue weighted by atomic mass is 15.1. The van der Waals surface area contributed by atoms with Crippen LogP contribution in [0.1, 0.15) is 25.8 Å². The van der Waals surface area contributed by atoms with Gasteiger partial charge < -0.3 is 16.0 Å². The lowest BCUT2D eigenvalue weighted by molar-refractivity contribution is 0.231. The van der Waals surface area contributed by atoms with E-state index < -0.39 is 0 Å². The number of aryl methyl sites for hydroxylation is 1. The van der Waals surface area contributed by atoms with Gasteiger partial charge in [0.2, 0.25) is 0 Å². The Morgan fingerprint density at radius 1 is 1.42 bits per heavy atom. The fraction of sp³-hybridized carbons (Fsp3) is 0.625. The van der Waals surface area contributed by atoms with Gasteiger partial charge in [-0.05, 0) is 56.0 Å². The normalized spacial score (nSPS) is 20.7. The third kappa shape index (κ3) is 3.41. The zero-order valence-electron chi connectivity index (χ0n) is 12.7. The average Bonchev–Trinajstić information content (AvgIpc) is 2.75. The molecule has 3 heteroatoms. The predicted octanol–water partition coefficient (Wildman–Crippen LogP) is 2.97. The van der Waals surface area contributed by atoms with Crippen molar-refractivity contribution in [2.75, 3.05) is 37.7 Å². The number of nitrogens with one attached hydrogen (secondary N) is 1. The molecule has 106 valence electrons. The van der Waals surface area contributed by atoms with Crippen LogP contribution in [-0.4, -0.2) is 31.6 Å². The van der Waals surface area contributed by atoms with Crippen LogP contribution >= 0.6 is 0 Å². The van der Waals surface area contributed by atoms with Gasteiger partial charge in [0.15, 0.2) is 0 Å². The summed E-state index contributed by atoms with van der Waals surface area (Å²) in [5.41, 5.74) is 9.46. The van der Waals surface area contributed by atoms with Gasteiger partial charge in [-0.2, -0.15) is 0 Å². The number of nitrogen functional groups attached to an aromatic ring is 1. The van der Waals surface area contributed by atoms with Gasteiger partial charge in [-0.3, -0.25) is 0 Å². The second-order valence-corrected chi connectivity index (χ2v) is 6.68. The first kappa shape index (κ1) is 14.2. The van der Waals surface area contributed by atoms with E-state index in [1.165, 1.54) is 25.1 Å². The maximum absolute atomic E-state index is 6.06. The Labute approximate surface area is 117 Å². The van der Waals surface area contributed by atoms with Crippen molar-refractivity contribution >= 4 is 11.4 Å². The second-order valence-electron chi connectivity index (χ2n) is 6.68. The van der Waals surface area contributed by atoms with Crippen LogP contribution in [0, 0.1) is 18.3 Å². The van der Waals surface area contributed by atoms with Gasteiger partial charge in [0.05, 0.1) is 11.4 Å². The highest BCUT2D eigenvalue weighted by Crippen LogP contribution is 2.34.